The molecule has 5 rings (SSSR count). The van der Waals surface area contributed by atoms with Crippen LogP contribution in [0.3, 0.4) is 0 Å². The van der Waals surface area contributed by atoms with E-state index in [-0.39, 0.29) is 18.0 Å². The molecule has 0 radical (unpaired) electrons. The number of likely N-dealkylation sites (tertiary alicyclic amines) is 1. The molecule has 1 saturated heterocycles. The molecule has 31 heavy (non-hydrogen) atoms. The average Bonchev–Trinajstić information content (AvgIpc) is 3.49. The van der Waals surface area contributed by atoms with Crippen LogP contribution < -0.4 is 5.32 Å². The molecular formula is C24H26N4O2S. The molecule has 0 saturated carbocycles. The van der Waals surface area contributed by atoms with Gasteiger partial charge in [0.05, 0.1) is 22.0 Å². The van der Waals surface area contributed by atoms with Crippen LogP contribution in [0.2, 0.25) is 0 Å². The number of para-hydroxylation sites is 1. The maximum atomic E-state index is 13.1. The number of fused-ring (bicyclic) bond motifs is 3. The molecule has 1 fully saturated rings. The molecule has 3 aromatic rings. The second-order valence-electron chi connectivity index (χ2n) is 8.21. The number of hydrogen-bond donors (Lipinski definition) is 1. The van der Waals surface area contributed by atoms with Crippen LogP contribution in [0.15, 0.2) is 36.4 Å². The zero-order valence-corrected chi connectivity index (χ0v) is 18.7. The highest BCUT2D eigenvalue weighted by atomic mass is 32.1. The molecule has 1 aliphatic carbocycles. The summed E-state index contributed by atoms with van der Waals surface area (Å²) in [5.74, 6) is 0.0341. The highest BCUT2D eigenvalue weighted by molar-refractivity contribution is 7.17. The summed E-state index contributed by atoms with van der Waals surface area (Å²) in [5, 5.41) is 7.91. The third-order valence-corrected chi connectivity index (χ3v) is 7.41. The van der Waals surface area contributed by atoms with Crippen molar-refractivity contribution in [2.45, 2.75) is 52.1 Å². The summed E-state index contributed by atoms with van der Waals surface area (Å²) in [6.45, 7) is 4.77. The van der Waals surface area contributed by atoms with E-state index < -0.39 is 0 Å². The van der Waals surface area contributed by atoms with Crippen molar-refractivity contribution in [1.29, 1.82) is 0 Å². The first-order valence-electron chi connectivity index (χ1n) is 10.9. The summed E-state index contributed by atoms with van der Waals surface area (Å²) in [7, 11) is 0. The Hall–Kier alpha value is -2.93. The second-order valence-corrected chi connectivity index (χ2v) is 9.26. The normalized spacial score (nSPS) is 16.2. The lowest BCUT2D eigenvalue weighted by atomic mass is 9.95. The van der Waals surface area contributed by atoms with Gasteiger partial charge in [0.15, 0.2) is 0 Å². The summed E-state index contributed by atoms with van der Waals surface area (Å²) in [5.41, 5.74) is 5.63. The first-order valence-corrected chi connectivity index (χ1v) is 11.8. The number of benzene rings is 1. The van der Waals surface area contributed by atoms with Crippen LogP contribution in [0.25, 0.3) is 16.1 Å². The van der Waals surface area contributed by atoms with E-state index in [2.05, 4.69) is 17.4 Å². The van der Waals surface area contributed by atoms with Crippen LogP contribution in [-0.4, -0.2) is 39.2 Å². The maximum absolute atomic E-state index is 13.1. The van der Waals surface area contributed by atoms with E-state index in [1.54, 1.807) is 4.90 Å². The number of carbonyl (C=O) groups is 2. The average molecular weight is 435 g/mol. The predicted molar refractivity (Wildman–Crippen MR) is 122 cm³/mol. The van der Waals surface area contributed by atoms with Crippen LogP contribution >= 0.6 is 11.3 Å². The van der Waals surface area contributed by atoms with Crippen molar-refractivity contribution in [2.24, 2.45) is 0 Å². The third-order valence-electron chi connectivity index (χ3n) is 6.22. The zero-order valence-electron chi connectivity index (χ0n) is 17.9. The van der Waals surface area contributed by atoms with Gasteiger partial charge in [-0.15, -0.1) is 11.3 Å². The summed E-state index contributed by atoms with van der Waals surface area (Å²) in [4.78, 5) is 28.8. The Morgan fingerprint density at radius 2 is 2.03 bits per heavy atom. The minimum absolute atomic E-state index is 0.0967. The summed E-state index contributed by atoms with van der Waals surface area (Å²) >= 11 is 1.54. The van der Waals surface area contributed by atoms with Crippen molar-refractivity contribution in [3.63, 3.8) is 0 Å². The Bertz CT molecular complexity index is 1150. The van der Waals surface area contributed by atoms with Crippen LogP contribution in [0, 0.1) is 6.92 Å². The van der Waals surface area contributed by atoms with Crippen LogP contribution in [0.5, 0.6) is 0 Å². The number of nitrogens with one attached hydrogen (secondary N) is 1. The van der Waals surface area contributed by atoms with Gasteiger partial charge in [-0.1, -0.05) is 25.1 Å². The standard InChI is InChI=1S/C24H26N4O2S/c1-3-20(27-13-7-10-21(27)29)25-24(30)19-14-16-11-12-18-22(23(16)31-19)15(2)26-28(18)17-8-5-4-6-9-17/h4-6,8-9,14,20H,3,7,10-13H2,1-2H3,(H,25,30). The number of carbonyl (C=O) groups excluding carboxylic acids is 2. The van der Waals surface area contributed by atoms with Gasteiger partial charge in [0.1, 0.15) is 6.17 Å². The van der Waals surface area contributed by atoms with Gasteiger partial charge in [0.25, 0.3) is 5.91 Å². The van der Waals surface area contributed by atoms with E-state index in [0.29, 0.717) is 17.7 Å². The van der Waals surface area contributed by atoms with Crippen molar-refractivity contribution in [1.82, 2.24) is 20.0 Å². The van der Waals surface area contributed by atoms with E-state index in [1.807, 2.05) is 42.8 Å². The van der Waals surface area contributed by atoms with Crippen LogP contribution in [-0.2, 0) is 17.6 Å². The molecule has 1 atom stereocenters. The van der Waals surface area contributed by atoms with E-state index in [1.165, 1.54) is 22.6 Å². The number of aromatic nitrogens is 2. The maximum Gasteiger partial charge on any atom is 0.262 e. The lowest BCUT2D eigenvalue weighted by Gasteiger charge is -2.27. The highest BCUT2D eigenvalue weighted by Crippen LogP contribution is 2.42. The van der Waals surface area contributed by atoms with Crippen LogP contribution in [0.4, 0.5) is 0 Å². The smallest absolute Gasteiger partial charge is 0.262 e. The van der Waals surface area contributed by atoms with Gasteiger partial charge in [-0.3, -0.25) is 9.59 Å². The lowest BCUT2D eigenvalue weighted by molar-refractivity contribution is -0.130. The SMILES string of the molecule is CCC(NC(=O)c1cc2c(s1)-c1c(C)nn(-c3ccccc3)c1CC2)N1CCCC1=O. The molecule has 1 unspecified atom stereocenters. The van der Waals surface area contributed by atoms with Crippen molar-refractivity contribution < 1.29 is 9.59 Å². The van der Waals surface area contributed by atoms with E-state index in [4.69, 9.17) is 5.10 Å². The van der Waals surface area contributed by atoms with Crippen molar-refractivity contribution in [3.05, 3.63) is 58.2 Å². The Morgan fingerprint density at radius 1 is 1.23 bits per heavy atom. The number of hydrogen-bond acceptors (Lipinski definition) is 4. The van der Waals surface area contributed by atoms with E-state index >= 15 is 0 Å². The van der Waals surface area contributed by atoms with Gasteiger partial charge in [-0.2, -0.15) is 5.10 Å². The Kier molecular flexibility index (Phi) is 5.14. The molecule has 2 amide bonds. The van der Waals surface area contributed by atoms with Gasteiger partial charge in [0.2, 0.25) is 5.91 Å². The van der Waals surface area contributed by atoms with Crippen LogP contribution in [0.1, 0.15) is 52.8 Å². The minimum atomic E-state index is -0.236. The van der Waals surface area contributed by atoms with Gasteiger partial charge in [0, 0.05) is 23.4 Å². The summed E-state index contributed by atoms with van der Waals surface area (Å²) in [6.07, 6.45) is 3.70. The highest BCUT2D eigenvalue weighted by Gasteiger charge is 2.30. The molecule has 0 spiro atoms. The minimum Gasteiger partial charge on any atom is -0.331 e. The fraction of sp³-hybridized carbons (Fsp3) is 0.375. The molecule has 1 N–H and O–H groups in total. The zero-order chi connectivity index (χ0) is 21.5. The molecule has 1 aromatic carbocycles. The predicted octanol–water partition coefficient (Wildman–Crippen LogP) is 4.10. The first kappa shape index (κ1) is 20.0. The number of amides is 2. The van der Waals surface area contributed by atoms with Crippen molar-refractivity contribution in [3.8, 4) is 16.1 Å². The third kappa shape index (κ3) is 3.47. The van der Waals surface area contributed by atoms with Gasteiger partial charge >= 0.3 is 0 Å². The van der Waals surface area contributed by atoms with E-state index in [0.717, 1.165) is 47.6 Å². The van der Waals surface area contributed by atoms with Gasteiger partial charge < -0.3 is 10.2 Å². The number of nitrogens with zero attached hydrogens (tertiary/aromatic N) is 3. The molecule has 160 valence electrons. The Balaban J connectivity index is 1.44. The van der Waals surface area contributed by atoms with Crippen molar-refractivity contribution in [2.75, 3.05) is 6.54 Å². The molecule has 7 heteroatoms. The number of thiophene rings is 1. The van der Waals surface area contributed by atoms with Crippen molar-refractivity contribution >= 4 is 23.2 Å². The molecule has 6 nitrogen and oxygen atoms in total. The fourth-order valence-corrected chi connectivity index (χ4v) is 5.93. The van der Waals surface area contributed by atoms with E-state index in [9.17, 15) is 9.59 Å². The summed E-state index contributed by atoms with van der Waals surface area (Å²) < 4.78 is 2.04. The number of rotatable bonds is 5. The lowest BCUT2D eigenvalue weighted by Crippen LogP contribution is -2.48. The number of aryl methyl sites for hydroxylation is 2. The molecule has 2 aromatic heterocycles. The Morgan fingerprint density at radius 3 is 2.74 bits per heavy atom. The molecule has 2 aliphatic rings. The van der Waals surface area contributed by atoms with Gasteiger partial charge in [-0.25, -0.2) is 4.68 Å². The first-order chi connectivity index (χ1) is 15.1. The monoisotopic (exact) mass is 434 g/mol. The summed E-state index contributed by atoms with van der Waals surface area (Å²) in [6, 6.07) is 12.2. The topological polar surface area (TPSA) is 67.2 Å². The molecule has 0 bridgehead atoms. The second kappa shape index (κ2) is 7.96. The fourth-order valence-electron chi connectivity index (χ4n) is 4.70. The largest absolute Gasteiger partial charge is 0.331 e. The molecular weight excluding hydrogens is 408 g/mol. The van der Waals surface area contributed by atoms with Gasteiger partial charge in [-0.05, 0) is 56.4 Å². The quantitative estimate of drug-likeness (QED) is 0.658. The Labute approximate surface area is 185 Å². The molecule has 3 heterocycles. The molecule has 1 aliphatic heterocycles.